The topological polar surface area (TPSA) is 55.1 Å². The minimum absolute atomic E-state index is 0.148. The number of rotatable bonds is 4. The zero-order valence-electron chi connectivity index (χ0n) is 8.78. The van der Waals surface area contributed by atoms with Crippen LogP contribution in [0, 0.1) is 5.92 Å². The van der Waals surface area contributed by atoms with Gasteiger partial charge in [-0.1, -0.05) is 0 Å². The molecule has 0 radical (unpaired) electrons. The highest BCUT2D eigenvalue weighted by atomic mass is 32.2. The van der Waals surface area contributed by atoms with Gasteiger partial charge in [0.05, 0.1) is 5.25 Å². The van der Waals surface area contributed by atoms with E-state index in [1.807, 2.05) is 11.8 Å². The Bertz CT molecular complexity index is 227. The van der Waals surface area contributed by atoms with Gasteiger partial charge in [0.2, 0.25) is 5.91 Å². The largest absolute Gasteiger partial charge is 0.354 e. The molecule has 0 aromatic rings. The van der Waals surface area contributed by atoms with Crippen molar-refractivity contribution >= 4 is 29.4 Å². The fourth-order valence-corrected chi connectivity index (χ4v) is 4.24. The third-order valence-electron chi connectivity index (χ3n) is 2.85. The summed E-state index contributed by atoms with van der Waals surface area (Å²) in [7, 11) is 0. The molecule has 0 spiro atoms. The van der Waals surface area contributed by atoms with Crippen LogP contribution in [-0.4, -0.2) is 41.0 Å². The van der Waals surface area contributed by atoms with Gasteiger partial charge in [-0.2, -0.15) is 11.8 Å². The Morgan fingerprint density at radius 1 is 1.47 bits per heavy atom. The number of amides is 1. The molecule has 0 aromatic carbocycles. The van der Waals surface area contributed by atoms with Crippen molar-refractivity contribution in [1.29, 1.82) is 0 Å². The molecule has 2 rings (SSSR count). The molecule has 2 unspecified atom stereocenters. The van der Waals surface area contributed by atoms with Crippen LogP contribution in [0.25, 0.3) is 0 Å². The molecule has 2 atom stereocenters. The first-order valence-electron chi connectivity index (χ1n) is 5.50. The van der Waals surface area contributed by atoms with Crippen LogP contribution in [0.5, 0.6) is 0 Å². The zero-order chi connectivity index (χ0) is 10.7. The van der Waals surface area contributed by atoms with E-state index in [1.165, 1.54) is 18.6 Å². The van der Waals surface area contributed by atoms with Gasteiger partial charge in [0.15, 0.2) is 0 Å². The average Bonchev–Trinajstić information content (AvgIpc) is 3.10. The Morgan fingerprint density at radius 3 is 2.87 bits per heavy atom. The molecule has 3 nitrogen and oxygen atoms in total. The maximum absolute atomic E-state index is 11.7. The van der Waals surface area contributed by atoms with Gasteiger partial charge >= 0.3 is 0 Å². The molecule has 1 aliphatic carbocycles. The van der Waals surface area contributed by atoms with Gasteiger partial charge in [0.1, 0.15) is 0 Å². The van der Waals surface area contributed by atoms with Crippen LogP contribution in [0.1, 0.15) is 12.8 Å². The van der Waals surface area contributed by atoms with Gasteiger partial charge in [0.25, 0.3) is 0 Å². The van der Waals surface area contributed by atoms with Crippen molar-refractivity contribution in [1.82, 2.24) is 5.32 Å². The number of hydrogen-bond donors (Lipinski definition) is 2. The summed E-state index contributed by atoms with van der Waals surface area (Å²) < 4.78 is 0. The number of nitrogens with one attached hydrogen (secondary N) is 1. The second-order valence-electron chi connectivity index (χ2n) is 4.18. The normalized spacial score (nSPS) is 28.5. The van der Waals surface area contributed by atoms with E-state index >= 15 is 0 Å². The maximum atomic E-state index is 11.7. The Kier molecular flexibility index (Phi) is 4.22. The molecule has 86 valence electrons. The highest BCUT2D eigenvalue weighted by Crippen LogP contribution is 2.31. The lowest BCUT2D eigenvalue weighted by Gasteiger charge is -2.21. The van der Waals surface area contributed by atoms with E-state index in [0.717, 1.165) is 11.5 Å². The fourth-order valence-electron chi connectivity index (χ4n) is 1.66. The van der Waals surface area contributed by atoms with Crippen molar-refractivity contribution < 1.29 is 4.79 Å². The first kappa shape index (κ1) is 11.6. The van der Waals surface area contributed by atoms with Crippen molar-refractivity contribution in [2.75, 3.05) is 23.8 Å². The van der Waals surface area contributed by atoms with Gasteiger partial charge < -0.3 is 11.1 Å². The van der Waals surface area contributed by atoms with Crippen molar-refractivity contribution in [3.8, 4) is 0 Å². The monoisotopic (exact) mass is 246 g/mol. The molecule has 2 aliphatic rings. The van der Waals surface area contributed by atoms with E-state index in [-0.39, 0.29) is 17.2 Å². The number of nitrogens with two attached hydrogens (primary N) is 1. The van der Waals surface area contributed by atoms with Gasteiger partial charge in [-0.15, -0.1) is 11.8 Å². The van der Waals surface area contributed by atoms with E-state index in [1.54, 1.807) is 11.8 Å². The smallest absolute Gasteiger partial charge is 0.234 e. The SMILES string of the molecule is NC(CNC(=O)C1CSCCS1)C1CC1. The molecule has 0 bridgehead atoms. The van der Waals surface area contributed by atoms with Crippen LogP contribution in [0.15, 0.2) is 0 Å². The van der Waals surface area contributed by atoms with Gasteiger partial charge in [-0.3, -0.25) is 4.79 Å². The maximum Gasteiger partial charge on any atom is 0.234 e. The van der Waals surface area contributed by atoms with Crippen molar-refractivity contribution in [2.45, 2.75) is 24.1 Å². The molecule has 1 heterocycles. The molecule has 15 heavy (non-hydrogen) atoms. The summed E-state index contributed by atoms with van der Waals surface area (Å²) in [4.78, 5) is 11.7. The third kappa shape index (κ3) is 3.57. The van der Waals surface area contributed by atoms with Gasteiger partial charge in [-0.05, 0) is 18.8 Å². The predicted octanol–water partition coefficient (Wildman–Crippen LogP) is 0.689. The third-order valence-corrected chi connectivity index (χ3v) is 5.60. The van der Waals surface area contributed by atoms with Crippen molar-refractivity contribution in [3.63, 3.8) is 0 Å². The van der Waals surface area contributed by atoms with Crippen LogP contribution >= 0.6 is 23.5 Å². The first-order chi connectivity index (χ1) is 7.27. The van der Waals surface area contributed by atoms with Crippen LogP contribution in [0.2, 0.25) is 0 Å². The van der Waals surface area contributed by atoms with E-state index in [9.17, 15) is 4.79 Å². The summed E-state index contributed by atoms with van der Waals surface area (Å²) in [6, 6.07) is 0.176. The van der Waals surface area contributed by atoms with E-state index in [2.05, 4.69) is 5.32 Å². The van der Waals surface area contributed by atoms with E-state index in [0.29, 0.717) is 12.5 Å². The van der Waals surface area contributed by atoms with Crippen LogP contribution < -0.4 is 11.1 Å². The molecule has 2 fully saturated rings. The average molecular weight is 246 g/mol. The molecule has 0 aromatic heterocycles. The minimum atomic E-state index is 0.148. The van der Waals surface area contributed by atoms with Crippen molar-refractivity contribution in [3.05, 3.63) is 0 Å². The van der Waals surface area contributed by atoms with E-state index in [4.69, 9.17) is 5.73 Å². The summed E-state index contributed by atoms with van der Waals surface area (Å²) in [6.45, 7) is 0.658. The standard InChI is InChI=1S/C10H18N2OS2/c11-8(7-1-2-7)5-12-10(13)9-6-14-3-4-15-9/h7-9H,1-6,11H2,(H,12,13). The molecule has 1 saturated heterocycles. The molecular formula is C10H18N2OS2. The second-order valence-corrected chi connectivity index (χ2v) is 6.64. The van der Waals surface area contributed by atoms with Crippen molar-refractivity contribution in [2.24, 2.45) is 11.7 Å². The Balaban J connectivity index is 1.66. The van der Waals surface area contributed by atoms with Gasteiger partial charge in [0, 0.05) is 29.8 Å². The lowest BCUT2D eigenvalue weighted by atomic mass is 10.2. The molecule has 1 saturated carbocycles. The van der Waals surface area contributed by atoms with E-state index < -0.39 is 0 Å². The number of carbonyl (C=O) groups excluding carboxylic acids is 1. The molecule has 1 amide bonds. The second kappa shape index (κ2) is 5.46. The van der Waals surface area contributed by atoms with Gasteiger partial charge in [-0.25, -0.2) is 0 Å². The minimum Gasteiger partial charge on any atom is -0.354 e. The highest BCUT2D eigenvalue weighted by Gasteiger charge is 2.29. The first-order valence-corrected chi connectivity index (χ1v) is 7.70. The summed E-state index contributed by atoms with van der Waals surface area (Å²) in [5.74, 6) is 4.07. The number of thioether (sulfide) groups is 2. The number of carbonyl (C=O) groups is 1. The highest BCUT2D eigenvalue weighted by molar-refractivity contribution is 8.07. The Labute approximate surface area is 99.3 Å². The number of hydrogen-bond acceptors (Lipinski definition) is 4. The summed E-state index contributed by atoms with van der Waals surface area (Å²) in [5.41, 5.74) is 5.93. The summed E-state index contributed by atoms with van der Waals surface area (Å²) >= 11 is 3.64. The Hall–Kier alpha value is 0.130. The van der Waals surface area contributed by atoms with Crippen LogP contribution in [0.4, 0.5) is 0 Å². The molecule has 1 aliphatic heterocycles. The summed E-state index contributed by atoms with van der Waals surface area (Å²) in [6.07, 6.45) is 2.48. The fraction of sp³-hybridized carbons (Fsp3) is 0.900. The summed E-state index contributed by atoms with van der Waals surface area (Å²) in [5, 5.41) is 3.12. The molecule has 5 heteroatoms. The predicted molar refractivity (Wildman–Crippen MR) is 67.3 cm³/mol. The molecular weight excluding hydrogens is 228 g/mol. The lowest BCUT2D eigenvalue weighted by Crippen LogP contribution is -2.43. The lowest BCUT2D eigenvalue weighted by molar-refractivity contribution is -0.120. The van der Waals surface area contributed by atoms with Crippen LogP contribution in [-0.2, 0) is 4.79 Å². The zero-order valence-corrected chi connectivity index (χ0v) is 10.4. The Morgan fingerprint density at radius 2 is 2.27 bits per heavy atom. The quantitative estimate of drug-likeness (QED) is 0.766. The molecule has 3 N–H and O–H groups in total. The van der Waals surface area contributed by atoms with Crippen LogP contribution in [0.3, 0.4) is 0 Å².